The van der Waals surface area contributed by atoms with Gasteiger partial charge in [0.15, 0.2) is 0 Å². The number of allylic oxidation sites excluding steroid dienone is 1. The first-order chi connectivity index (χ1) is 5.79. The van der Waals surface area contributed by atoms with Gasteiger partial charge in [0, 0.05) is 11.0 Å². The van der Waals surface area contributed by atoms with E-state index in [2.05, 4.69) is 4.74 Å². The number of hydrogen-bond donors (Lipinski definition) is 0. The van der Waals surface area contributed by atoms with E-state index >= 15 is 0 Å². The molecule has 0 amide bonds. The topological polar surface area (TPSA) is 26.3 Å². The molecular formula is C7H11ClO2. The highest BCUT2D eigenvalue weighted by Crippen LogP contribution is 2.10. The summed E-state index contributed by atoms with van der Waals surface area (Å²) in [6.07, 6.45) is 0.0401. The fraction of sp³-hybridized carbons (Fsp3) is 0.571. The van der Waals surface area contributed by atoms with E-state index < -0.39 is 18.9 Å². The van der Waals surface area contributed by atoms with Crippen LogP contribution >= 0.6 is 11.6 Å². The summed E-state index contributed by atoms with van der Waals surface area (Å²) in [5, 5.41) is 0.00944. The molecule has 0 aromatic heterocycles. The number of halogens is 1. The van der Waals surface area contributed by atoms with Gasteiger partial charge in [0.25, 0.3) is 0 Å². The Morgan fingerprint density at radius 1 is 1.90 bits per heavy atom. The zero-order valence-electron chi connectivity index (χ0n) is 8.85. The van der Waals surface area contributed by atoms with Crippen LogP contribution in [0.3, 0.4) is 0 Å². The van der Waals surface area contributed by atoms with Crippen LogP contribution in [-0.4, -0.2) is 12.1 Å². The molecule has 0 radical (unpaired) electrons. The van der Waals surface area contributed by atoms with Gasteiger partial charge in [-0.15, -0.1) is 0 Å². The molecule has 0 spiro atoms. The van der Waals surface area contributed by atoms with Crippen LogP contribution in [0.4, 0.5) is 0 Å². The number of esters is 1. The summed E-state index contributed by atoms with van der Waals surface area (Å²) in [5.74, 6) is -0.666. The summed E-state index contributed by atoms with van der Waals surface area (Å²) in [6.45, 7) is 0.290. The lowest BCUT2D eigenvalue weighted by molar-refractivity contribution is -0.143. The molecule has 0 aliphatic heterocycles. The second-order valence-electron chi connectivity index (χ2n) is 1.66. The number of ether oxygens (including phenoxy) is 1. The summed E-state index contributed by atoms with van der Waals surface area (Å²) >= 11 is 5.58. The lowest BCUT2D eigenvalue weighted by Crippen LogP contribution is -2.11. The van der Waals surface area contributed by atoms with Crippen molar-refractivity contribution in [2.24, 2.45) is 0 Å². The summed E-state index contributed by atoms with van der Waals surface area (Å²) in [6, 6.07) is 0. The van der Waals surface area contributed by atoms with Crippen LogP contribution in [0.15, 0.2) is 11.1 Å². The first-order valence-corrected chi connectivity index (χ1v) is 3.15. The minimum absolute atomic E-state index is 0.00944. The molecule has 0 fully saturated rings. The number of carbonyl (C=O) groups excluding carboxylic acids is 1. The van der Waals surface area contributed by atoms with Crippen LogP contribution in [0, 0.1) is 0 Å². The third-order valence-corrected chi connectivity index (χ3v) is 1.23. The minimum atomic E-state index is -2.42. The molecule has 1 unspecified atom stereocenters. The highest BCUT2D eigenvalue weighted by molar-refractivity contribution is 6.30. The molecule has 1 atom stereocenters. The highest BCUT2D eigenvalue weighted by atomic mass is 35.5. The third-order valence-electron chi connectivity index (χ3n) is 0.810. The molecule has 10 heavy (non-hydrogen) atoms. The largest absolute Gasteiger partial charge is 0.457 e. The summed E-state index contributed by atoms with van der Waals surface area (Å²) < 4.78 is 25.7. The second-order valence-corrected chi connectivity index (χ2v) is 2.10. The molecular weight excluding hydrogens is 152 g/mol. The van der Waals surface area contributed by atoms with Gasteiger partial charge in [0.1, 0.15) is 6.10 Å². The van der Waals surface area contributed by atoms with E-state index in [0.29, 0.717) is 0 Å². The Morgan fingerprint density at radius 2 is 2.50 bits per heavy atom. The van der Waals surface area contributed by atoms with Gasteiger partial charge in [0.05, 0.1) is 5.03 Å². The van der Waals surface area contributed by atoms with Gasteiger partial charge >= 0.3 is 5.97 Å². The van der Waals surface area contributed by atoms with E-state index in [4.69, 9.17) is 15.7 Å². The third kappa shape index (κ3) is 3.51. The van der Waals surface area contributed by atoms with E-state index in [1.165, 1.54) is 6.08 Å². The van der Waals surface area contributed by atoms with Crippen molar-refractivity contribution in [2.75, 3.05) is 0 Å². The maximum Gasteiger partial charge on any atom is 0.303 e. The predicted molar refractivity (Wildman–Crippen MR) is 40.8 cm³/mol. The molecule has 0 saturated carbocycles. The Kier molecular flexibility index (Phi) is 2.25. The van der Waals surface area contributed by atoms with Crippen molar-refractivity contribution in [3.05, 3.63) is 11.1 Å². The highest BCUT2D eigenvalue weighted by Gasteiger charge is 2.07. The van der Waals surface area contributed by atoms with Gasteiger partial charge in [-0.1, -0.05) is 17.7 Å². The van der Waals surface area contributed by atoms with E-state index in [9.17, 15) is 4.79 Å². The molecule has 2 nitrogen and oxygen atoms in total. The van der Waals surface area contributed by atoms with Crippen molar-refractivity contribution in [3.8, 4) is 0 Å². The Bertz CT molecular complexity index is 222. The first kappa shape index (κ1) is 5.19. The summed E-state index contributed by atoms with van der Waals surface area (Å²) in [5.41, 5.74) is 0. The molecule has 0 aliphatic rings. The SMILES string of the molecule is [2H]C([2H])([2H])C(OC(C)=O)/C(Cl)=C/C. The fourth-order valence-corrected chi connectivity index (χ4v) is 0.418. The Balaban J connectivity index is 4.67. The minimum Gasteiger partial charge on any atom is -0.457 e. The summed E-state index contributed by atoms with van der Waals surface area (Å²) in [7, 11) is 0. The molecule has 3 heteroatoms. The van der Waals surface area contributed by atoms with Crippen LogP contribution in [0.2, 0.25) is 0 Å². The molecule has 0 heterocycles. The number of rotatable bonds is 2. The molecule has 0 N–H and O–H groups in total. The van der Waals surface area contributed by atoms with Gasteiger partial charge in [-0.25, -0.2) is 0 Å². The Hall–Kier alpha value is -0.500. The van der Waals surface area contributed by atoms with E-state index in [1.807, 2.05) is 0 Å². The molecule has 0 bridgehead atoms. The van der Waals surface area contributed by atoms with Crippen molar-refractivity contribution in [1.82, 2.24) is 0 Å². The van der Waals surface area contributed by atoms with Gasteiger partial charge in [-0.05, 0) is 13.8 Å². The van der Waals surface area contributed by atoms with Crippen molar-refractivity contribution in [1.29, 1.82) is 0 Å². The maximum absolute atomic E-state index is 10.6. The van der Waals surface area contributed by atoms with Crippen LogP contribution in [0.5, 0.6) is 0 Å². The fourth-order valence-electron chi connectivity index (χ4n) is 0.374. The molecule has 58 valence electrons. The number of carbonyl (C=O) groups is 1. The summed E-state index contributed by atoms with van der Waals surface area (Å²) in [4.78, 5) is 10.6. The van der Waals surface area contributed by atoms with Gasteiger partial charge < -0.3 is 4.74 Å². The quantitative estimate of drug-likeness (QED) is 0.586. The van der Waals surface area contributed by atoms with E-state index in [-0.39, 0.29) is 5.03 Å². The van der Waals surface area contributed by atoms with Crippen molar-refractivity contribution < 1.29 is 13.6 Å². The molecule has 0 saturated heterocycles. The molecule has 0 aliphatic carbocycles. The second kappa shape index (κ2) is 4.34. The van der Waals surface area contributed by atoms with Gasteiger partial charge in [0.2, 0.25) is 0 Å². The van der Waals surface area contributed by atoms with Gasteiger partial charge in [-0.3, -0.25) is 4.79 Å². The van der Waals surface area contributed by atoms with E-state index in [0.717, 1.165) is 6.92 Å². The van der Waals surface area contributed by atoms with Gasteiger partial charge in [-0.2, -0.15) is 0 Å². The zero-order valence-corrected chi connectivity index (χ0v) is 6.61. The molecule has 0 aromatic carbocycles. The van der Waals surface area contributed by atoms with Crippen LogP contribution in [0.25, 0.3) is 0 Å². The van der Waals surface area contributed by atoms with Crippen molar-refractivity contribution in [2.45, 2.75) is 26.8 Å². The van der Waals surface area contributed by atoms with Crippen molar-refractivity contribution in [3.63, 3.8) is 0 Å². The normalized spacial score (nSPS) is 20.3. The molecule has 0 rings (SSSR count). The van der Waals surface area contributed by atoms with Crippen molar-refractivity contribution >= 4 is 17.6 Å². The Morgan fingerprint density at radius 3 is 2.80 bits per heavy atom. The molecule has 0 aromatic rings. The standard InChI is InChI=1S/C7H11ClO2/c1-4-7(8)5(2)10-6(3)9/h4-5H,1-3H3/b7-4-/i2D3. The number of hydrogen-bond acceptors (Lipinski definition) is 2. The smallest absolute Gasteiger partial charge is 0.303 e. The monoisotopic (exact) mass is 165 g/mol. The Labute approximate surface area is 70.0 Å². The lowest BCUT2D eigenvalue weighted by Gasteiger charge is -2.09. The maximum atomic E-state index is 10.6. The zero-order chi connectivity index (χ0) is 10.6. The average molecular weight is 166 g/mol. The predicted octanol–water partition coefficient (Wildman–Crippen LogP) is 2.08. The first-order valence-electron chi connectivity index (χ1n) is 4.28. The van der Waals surface area contributed by atoms with E-state index in [1.54, 1.807) is 6.92 Å². The van der Waals surface area contributed by atoms with Crippen LogP contribution in [0.1, 0.15) is 24.8 Å². The average Bonchev–Trinajstić information content (AvgIpc) is 1.96. The van der Waals surface area contributed by atoms with Crippen LogP contribution < -0.4 is 0 Å². The van der Waals surface area contributed by atoms with Crippen LogP contribution in [-0.2, 0) is 9.53 Å². The lowest BCUT2D eigenvalue weighted by atomic mass is 10.3.